The smallest absolute Gasteiger partial charge is 0.312 e. The van der Waals surface area contributed by atoms with Gasteiger partial charge < -0.3 is 20.9 Å². The molecule has 7 heteroatoms. The van der Waals surface area contributed by atoms with Gasteiger partial charge in [0.05, 0.1) is 6.33 Å². The van der Waals surface area contributed by atoms with Crippen molar-refractivity contribution in [3.63, 3.8) is 0 Å². The highest BCUT2D eigenvalue weighted by Gasteiger charge is 2.18. The highest BCUT2D eigenvalue weighted by molar-refractivity contribution is 5.86. The molecule has 1 atom stereocenters. The van der Waals surface area contributed by atoms with E-state index in [0.717, 1.165) is 17.5 Å². The molecule has 0 saturated carbocycles. The number of amides is 3. The Morgan fingerprint density at radius 2 is 2.04 bits per heavy atom. The number of imidazole rings is 1. The zero-order valence-electron chi connectivity index (χ0n) is 13.7. The lowest BCUT2D eigenvalue weighted by atomic mass is 10.1. The number of aromatic nitrogens is 2. The van der Waals surface area contributed by atoms with Crippen LogP contribution < -0.4 is 16.4 Å². The Labute approximate surface area is 141 Å². The molecule has 2 rings (SSSR count). The molecule has 0 fully saturated rings. The molecule has 0 bridgehead atoms. The summed E-state index contributed by atoms with van der Waals surface area (Å²) in [5, 5.41) is 5.36. The third-order valence-electron chi connectivity index (χ3n) is 3.69. The molecule has 0 unspecified atom stereocenters. The van der Waals surface area contributed by atoms with Gasteiger partial charge in [0, 0.05) is 25.5 Å². The Kier molecular flexibility index (Phi) is 6.36. The predicted octanol–water partition coefficient (Wildman–Crippen LogP) is 1.38. The van der Waals surface area contributed by atoms with E-state index in [9.17, 15) is 9.59 Å². The van der Waals surface area contributed by atoms with Crippen LogP contribution in [0.2, 0.25) is 0 Å². The first kappa shape index (κ1) is 17.5. The van der Waals surface area contributed by atoms with Crippen LogP contribution in [0.3, 0.4) is 0 Å². The number of primary amides is 1. The molecule has 1 aromatic carbocycles. The molecule has 0 aliphatic rings. The van der Waals surface area contributed by atoms with Gasteiger partial charge in [0.25, 0.3) is 0 Å². The standard InChI is InChI=1S/C17H23N5O2/c1-2-5-15(21-17(18)24)16(23)20-10-13-6-3-4-7-14(13)11-22-9-8-19-12-22/h3-4,6-9,12,15H,2,5,10-11H2,1H3,(H,20,23)(H3,18,21,24)/t15-/m0/s1. The normalized spacial score (nSPS) is 11.7. The Bertz CT molecular complexity index is 669. The van der Waals surface area contributed by atoms with Gasteiger partial charge in [-0.05, 0) is 17.5 Å². The van der Waals surface area contributed by atoms with E-state index in [2.05, 4.69) is 15.6 Å². The van der Waals surface area contributed by atoms with Crippen molar-refractivity contribution >= 4 is 11.9 Å². The van der Waals surface area contributed by atoms with Crippen LogP contribution in [0.1, 0.15) is 30.9 Å². The van der Waals surface area contributed by atoms with Gasteiger partial charge in [0.2, 0.25) is 5.91 Å². The number of hydrogen-bond acceptors (Lipinski definition) is 3. The molecular weight excluding hydrogens is 306 g/mol. The summed E-state index contributed by atoms with van der Waals surface area (Å²) in [4.78, 5) is 27.3. The van der Waals surface area contributed by atoms with Crippen LogP contribution in [0, 0.1) is 0 Å². The number of benzene rings is 1. The van der Waals surface area contributed by atoms with E-state index in [1.807, 2.05) is 42.0 Å². The lowest BCUT2D eigenvalue weighted by Crippen LogP contribution is -2.48. The van der Waals surface area contributed by atoms with E-state index in [1.165, 1.54) is 0 Å². The zero-order chi connectivity index (χ0) is 17.4. The highest BCUT2D eigenvalue weighted by Crippen LogP contribution is 2.11. The van der Waals surface area contributed by atoms with Gasteiger partial charge >= 0.3 is 6.03 Å². The molecule has 0 saturated heterocycles. The van der Waals surface area contributed by atoms with Crippen LogP contribution >= 0.6 is 0 Å². The fourth-order valence-corrected chi connectivity index (χ4v) is 2.50. The Balaban J connectivity index is 2.00. The van der Waals surface area contributed by atoms with Crippen molar-refractivity contribution in [1.82, 2.24) is 20.2 Å². The van der Waals surface area contributed by atoms with Crippen LogP contribution in [0.25, 0.3) is 0 Å². The number of hydrogen-bond donors (Lipinski definition) is 3. The van der Waals surface area contributed by atoms with E-state index in [-0.39, 0.29) is 5.91 Å². The molecular formula is C17H23N5O2. The van der Waals surface area contributed by atoms with Crippen LogP contribution in [0.4, 0.5) is 4.79 Å². The van der Waals surface area contributed by atoms with Crippen LogP contribution in [0.5, 0.6) is 0 Å². The first-order chi connectivity index (χ1) is 11.6. The lowest BCUT2D eigenvalue weighted by Gasteiger charge is -2.17. The largest absolute Gasteiger partial charge is 0.352 e. The number of carbonyl (C=O) groups excluding carboxylic acids is 2. The minimum Gasteiger partial charge on any atom is -0.352 e. The maximum atomic E-state index is 12.3. The summed E-state index contributed by atoms with van der Waals surface area (Å²) in [6.07, 6.45) is 6.70. The van der Waals surface area contributed by atoms with Crippen molar-refractivity contribution in [3.8, 4) is 0 Å². The van der Waals surface area contributed by atoms with E-state index in [0.29, 0.717) is 19.5 Å². The van der Waals surface area contributed by atoms with Crippen molar-refractivity contribution in [2.75, 3.05) is 0 Å². The first-order valence-electron chi connectivity index (χ1n) is 7.96. The van der Waals surface area contributed by atoms with Crippen molar-refractivity contribution in [3.05, 3.63) is 54.1 Å². The molecule has 0 aliphatic heterocycles. The van der Waals surface area contributed by atoms with Crippen molar-refractivity contribution in [1.29, 1.82) is 0 Å². The van der Waals surface area contributed by atoms with E-state index >= 15 is 0 Å². The van der Waals surface area contributed by atoms with E-state index in [1.54, 1.807) is 12.5 Å². The van der Waals surface area contributed by atoms with E-state index in [4.69, 9.17) is 5.73 Å². The molecule has 1 heterocycles. The number of nitrogens with two attached hydrogens (primary N) is 1. The van der Waals surface area contributed by atoms with Crippen LogP contribution in [0.15, 0.2) is 43.0 Å². The third-order valence-corrected chi connectivity index (χ3v) is 3.69. The fourth-order valence-electron chi connectivity index (χ4n) is 2.50. The fraction of sp³-hybridized carbons (Fsp3) is 0.353. The molecule has 24 heavy (non-hydrogen) atoms. The Morgan fingerprint density at radius 3 is 2.67 bits per heavy atom. The SMILES string of the molecule is CCC[C@H](NC(N)=O)C(=O)NCc1ccccc1Cn1ccnc1. The second-order valence-electron chi connectivity index (χ2n) is 5.57. The van der Waals surface area contributed by atoms with Crippen molar-refractivity contribution in [2.45, 2.75) is 38.9 Å². The van der Waals surface area contributed by atoms with Gasteiger partial charge in [-0.2, -0.15) is 0 Å². The second-order valence-corrected chi connectivity index (χ2v) is 5.57. The molecule has 1 aromatic heterocycles. The number of rotatable bonds is 8. The van der Waals surface area contributed by atoms with Crippen molar-refractivity contribution in [2.24, 2.45) is 5.73 Å². The summed E-state index contributed by atoms with van der Waals surface area (Å²) in [5.41, 5.74) is 7.25. The number of urea groups is 1. The number of carbonyl (C=O) groups is 2. The second kappa shape index (κ2) is 8.71. The molecule has 0 spiro atoms. The Hall–Kier alpha value is -2.83. The molecule has 7 nitrogen and oxygen atoms in total. The molecule has 128 valence electrons. The quantitative estimate of drug-likeness (QED) is 0.682. The van der Waals surface area contributed by atoms with Gasteiger partial charge in [0.1, 0.15) is 6.04 Å². The zero-order valence-corrected chi connectivity index (χ0v) is 13.7. The van der Waals surface area contributed by atoms with Crippen molar-refractivity contribution < 1.29 is 9.59 Å². The lowest BCUT2D eigenvalue weighted by molar-refractivity contribution is -0.123. The van der Waals surface area contributed by atoms with E-state index < -0.39 is 12.1 Å². The van der Waals surface area contributed by atoms with Gasteiger partial charge in [-0.1, -0.05) is 37.6 Å². The van der Waals surface area contributed by atoms with Gasteiger partial charge in [-0.3, -0.25) is 4.79 Å². The summed E-state index contributed by atoms with van der Waals surface area (Å²) in [6, 6.07) is 6.60. The van der Waals surface area contributed by atoms with Gasteiger partial charge in [-0.15, -0.1) is 0 Å². The van der Waals surface area contributed by atoms with Gasteiger partial charge in [0.15, 0.2) is 0 Å². The average molecular weight is 329 g/mol. The summed E-state index contributed by atoms with van der Waals surface area (Å²) < 4.78 is 1.97. The number of nitrogens with zero attached hydrogens (tertiary/aromatic N) is 2. The summed E-state index contributed by atoms with van der Waals surface area (Å²) in [6.45, 7) is 3.03. The minimum absolute atomic E-state index is 0.229. The maximum absolute atomic E-state index is 12.3. The average Bonchev–Trinajstić information content (AvgIpc) is 3.06. The highest BCUT2D eigenvalue weighted by atomic mass is 16.2. The number of nitrogens with one attached hydrogen (secondary N) is 2. The Morgan fingerprint density at radius 1 is 1.29 bits per heavy atom. The minimum atomic E-state index is -0.691. The molecule has 2 aromatic rings. The van der Waals surface area contributed by atoms with Crippen LogP contribution in [-0.2, 0) is 17.9 Å². The molecule has 4 N–H and O–H groups in total. The maximum Gasteiger partial charge on any atom is 0.312 e. The summed E-state index contributed by atoms with van der Waals surface area (Å²) in [5.74, 6) is -0.229. The summed E-state index contributed by atoms with van der Waals surface area (Å²) in [7, 11) is 0. The monoisotopic (exact) mass is 329 g/mol. The van der Waals surface area contributed by atoms with Crippen LogP contribution in [-0.4, -0.2) is 27.5 Å². The molecule has 0 radical (unpaired) electrons. The molecule has 3 amide bonds. The first-order valence-corrected chi connectivity index (χ1v) is 7.96. The van der Waals surface area contributed by atoms with Gasteiger partial charge in [-0.25, -0.2) is 9.78 Å². The predicted molar refractivity (Wildman–Crippen MR) is 91.0 cm³/mol. The topological polar surface area (TPSA) is 102 Å². The molecule has 0 aliphatic carbocycles. The third kappa shape index (κ3) is 5.12. The summed E-state index contributed by atoms with van der Waals surface area (Å²) >= 11 is 0.